The summed E-state index contributed by atoms with van der Waals surface area (Å²) in [6.45, 7) is 0.204. The van der Waals surface area contributed by atoms with Gasteiger partial charge in [0.25, 0.3) is 5.91 Å². The van der Waals surface area contributed by atoms with Crippen LogP contribution in [0.3, 0.4) is 0 Å². The van der Waals surface area contributed by atoms with E-state index in [1.54, 1.807) is 19.2 Å². The highest BCUT2D eigenvalue weighted by molar-refractivity contribution is 5.94. The molecule has 6 heteroatoms. The number of halogens is 1. The van der Waals surface area contributed by atoms with Crippen LogP contribution in [-0.4, -0.2) is 33.9 Å². The number of aromatic nitrogens is 1. The second-order valence-electron chi connectivity index (χ2n) is 4.50. The summed E-state index contributed by atoms with van der Waals surface area (Å²) in [5.41, 5.74) is 0.481. The molecule has 2 aromatic rings. The van der Waals surface area contributed by atoms with Gasteiger partial charge in [-0.2, -0.15) is 0 Å². The first kappa shape index (κ1) is 14.6. The number of carboxylic acids is 1. The summed E-state index contributed by atoms with van der Waals surface area (Å²) in [5.74, 6) is -2.00. The Morgan fingerprint density at radius 3 is 2.52 bits per heavy atom. The summed E-state index contributed by atoms with van der Waals surface area (Å²) in [6.07, 6.45) is 0. The highest BCUT2D eigenvalue weighted by Gasteiger charge is 2.15. The SMILES string of the molecule is CN(Cc1cccc(F)c1)C(=O)c1cccc(C(=O)O)n1. The fourth-order valence-electron chi connectivity index (χ4n) is 1.85. The molecule has 0 fully saturated rings. The smallest absolute Gasteiger partial charge is 0.354 e. The zero-order valence-electron chi connectivity index (χ0n) is 11.3. The van der Waals surface area contributed by atoms with Crippen molar-refractivity contribution < 1.29 is 19.1 Å². The van der Waals surface area contributed by atoms with Crippen LogP contribution in [0.1, 0.15) is 26.5 Å². The number of aromatic carboxylic acids is 1. The zero-order chi connectivity index (χ0) is 15.4. The van der Waals surface area contributed by atoms with Gasteiger partial charge in [0.2, 0.25) is 0 Å². The van der Waals surface area contributed by atoms with Gasteiger partial charge in [0.1, 0.15) is 17.2 Å². The number of nitrogens with zero attached hydrogens (tertiary/aromatic N) is 2. The Bertz CT molecular complexity index is 688. The van der Waals surface area contributed by atoms with E-state index in [1.165, 1.54) is 35.2 Å². The molecule has 1 aromatic carbocycles. The number of pyridine rings is 1. The van der Waals surface area contributed by atoms with E-state index in [-0.39, 0.29) is 23.7 Å². The number of benzene rings is 1. The lowest BCUT2D eigenvalue weighted by molar-refractivity contribution is 0.0690. The second-order valence-corrected chi connectivity index (χ2v) is 4.50. The van der Waals surface area contributed by atoms with Crippen molar-refractivity contribution in [2.24, 2.45) is 0 Å². The third-order valence-electron chi connectivity index (χ3n) is 2.84. The molecule has 2 rings (SSSR count). The minimum Gasteiger partial charge on any atom is -0.477 e. The van der Waals surface area contributed by atoms with Crippen molar-refractivity contribution in [2.75, 3.05) is 7.05 Å². The van der Waals surface area contributed by atoms with Crippen LogP contribution in [0.15, 0.2) is 42.5 Å². The molecule has 1 N–H and O–H groups in total. The molecule has 108 valence electrons. The molecule has 0 aliphatic heterocycles. The molecule has 1 amide bonds. The maximum atomic E-state index is 13.1. The van der Waals surface area contributed by atoms with Gasteiger partial charge in [-0.25, -0.2) is 14.2 Å². The Morgan fingerprint density at radius 1 is 1.19 bits per heavy atom. The van der Waals surface area contributed by atoms with Gasteiger partial charge in [0, 0.05) is 13.6 Å². The molecule has 1 heterocycles. The van der Waals surface area contributed by atoms with Gasteiger partial charge < -0.3 is 10.0 Å². The number of hydrogen-bond acceptors (Lipinski definition) is 3. The van der Waals surface area contributed by atoms with Gasteiger partial charge in [0.05, 0.1) is 0 Å². The quantitative estimate of drug-likeness (QED) is 0.936. The van der Waals surface area contributed by atoms with Crippen LogP contribution in [0.5, 0.6) is 0 Å². The molecule has 0 aliphatic rings. The van der Waals surface area contributed by atoms with Crippen molar-refractivity contribution in [3.63, 3.8) is 0 Å². The maximum absolute atomic E-state index is 13.1. The molecule has 0 spiro atoms. The molecule has 0 radical (unpaired) electrons. The van der Waals surface area contributed by atoms with Crippen molar-refractivity contribution >= 4 is 11.9 Å². The lowest BCUT2D eigenvalue weighted by Gasteiger charge is -2.17. The Labute approximate surface area is 120 Å². The summed E-state index contributed by atoms with van der Waals surface area (Å²) >= 11 is 0. The molecule has 0 saturated heterocycles. The van der Waals surface area contributed by atoms with Gasteiger partial charge in [-0.15, -0.1) is 0 Å². The lowest BCUT2D eigenvalue weighted by atomic mass is 10.2. The molecule has 21 heavy (non-hydrogen) atoms. The maximum Gasteiger partial charge on any atom is 0.354 e. The second kappa shape index (κ2) is 6.13. The van der Waals surface area contributed by atoms with Crippen LogP contribution in [-0.2, 0) is 6.54 Å². The van der Waals surface area contributed by atoms with Gasteiger partial charge >= 0.3 is 5.97 Å². The first-order valence-electron chi connectivity index (χ1n) is 6.17. The van der Waals surface area contributed by atoms with Gasteiger partial charge in [0.15, 0.2) is 0 Å². The molecule has 0 saturated carbocycles. The Kier molecular flexibility index (Phi) is 4.27. The lowest BCUT2D eigenvalue weighted by Crippen LogP contribution is -2.27. The van der Waals surface area contributed by atoms with E-state index in [9.17, 15) is 14.0 Å². The number of carboxylic acid groups (broad SMARTS) is 1. The van der Waals surface area contributed by atoms with E-state index >= 15 is 0 Å². The van der Waals surface area contributed by atoms with Gasteiger partial charge in [-0.1, -0.05) is 18.2 Å². The minimum atomic E-state index is -1.20. The van der Waals surface area contributed by atoms with Crippen LogP contribution in [0.2, 0.25) is 0 Å². The highest BCUT2D eigenvalue weighted by Crippen LogP contribution is 2.09. The summed E-state index contributed by atoms with van der Waals surface area (Å²) < 4.78 is 13.1. The average Bonchev–Trinajstić information content (AvgIpc) is 2.46. The van der Waals surface area contributed by atoms with E-state index in [4.69, 9.17) is 5.11 Å². The molecule has 0 unspecified atom stereocenters. The third-order valence-corrected chi connectivity index (χ3v) is 2.84. The van der Waals surface area contributed by atoms with Crippen molar-refractivity contribution in [1.82, 2.24) is 9.88 Å². The van der Waals surface area contributed by atoms with Gasteiger partial charge in [-0.05, 0) is 29.8 Å². The monoisotopic (exact) mass is 288 g/mol. The van der Waals surface area contributed by atoms with Crippen LogP contribution in [0.25, 0.3) is 0 Å². The summed E-state index contributed by atoms with van der Waals surface area (Å²) in [5, 5.41) is 8.87. The zero-order valence-corrected chi connectivity index (χ0v) is 11.3. The topological polar surface area (TPSA) is 70.5 Å². The predicted octanol–water partition coefficient (Wildman–Crippen LogP) is 2.19. The normalized spacial score (nSPS) is 10.2. The van der Waals surface area contributed by atoms with E-state index < -0.39 is 11.9 Å². The molecular formula is C15H13FN2O3. The Balaban J connectivity index is 2.15. The van der Waals surface area contributed by atoms with Crippen LogP contribution >= 0.6 is 0 Å². The van der Waals surface area contributed by atoms with E-state index in [1.807, 2.05) is 0 Å². The summed E-state index contributed by atoms with van der Waals surface area (Å²) in [7, 11) is 1.54. The molecule has 0 aliphatic carbocycles. The van der Waals surface area contributed by atoms with Crippen LogP contribution < -0.4 is 0 Å². The first-order valence-corrected chi connectivity index (χ1v) is 6.17. The minimum absolute atomic E-state index is 0.0359. The van der Waals surface area contributed by atoms with Crippen LogP contribution in [0, 0.1) is 5.82 Å². The number of hydrogen-bond donors (Lipinski definition) is 1. The number of rotatable bonds is 4. The number of carbonyl (C=O) groups excluding carboxylic acids is 1. The van der Waals surface area contributed by atoms with Crippen molar-refractivity contribution in [2.45, 2.75) is 6.54 Å². The first-order chi connectivity index (χ1) is 9.97. The molecule has 0 atom stereocenters. The van der Waals surface area contributed by atoms with Crippen molar-refractivity contribution in [3.8, 4) is 0 Å². The summed E-state index contributed by atoms with van der Waals surface area (Å²) in [4.78, 5) is 28.2. The van der Waals surface area contributed by atoms with Crippen molar-refractivity contribution in [1.29, 1.82) is 0 Å². The molecule has 1 aromatic heterocycles. The van der Waals surface area contributed by atoms with Gasteiger partial charge in [-0.3, -0.25) is 4.79 Å². The van der Waals surface area contributed by atoms with Crippen molar-refractivity contribution in [3.05, 3.63) is 65.2 Å². The standard InChI is InChI=1S/C15H13FN2O3/c1-18(9-10-4-2-5-11(16)8-10)14(19)12-6-3-7-13(17-12)15(20)21/h2-8H,9H2,1H3,(H,20,21). The summed E-state index contributed by atoms with van der Waals surface area (Å²) in [6, 6.07) is 10.1. The molecule has 0 bridgehead atoms. The molecule has 5 nitrogen and oxygen atoms in total. The molecular weight excluding hydrogens is 275 g/mol. The van der Waals surface area contributed by atoms with E-state index in [0.29, 0.717) is 5.56 Å². The highest BCUT2D eigenvalue weighted by atomic mass is 19.1. The number of amides is 1. The average molecular weight is 288 g/mol. The largest absolute Gasteiger partial charge is 0.477 e. The number of carbonyl (C=O) groups is 2. The van der Waals surface area contributed by atoms with Crippen LogP contribution in [0.4, 0.5) is 4.39 Å². The van der Waals surface area contributed by atoms with E-state index in [2.05, 4.69) is 4.98 Å². The van der Waals surface area contributed by atoms with E-state index in [0.717, 1.165) is 0 Å². The Hall–Kier alpha value is -2.76. The Morgan fingerprint density at radius 2 is 1.86 bits per heavy atom. The fraction of sp³-hybridized carbons (Fsp3) is 0.133. The third kappa shape index (κ3) is 3.62. The predicted molar refractivity (Wildman–Crippen MR) is 73.4 cm³/mol. The fourth-order valence-corrected chi connectivity index (χ4v) is 1.85.